The Morgan fingerprint density at radius 3 is 2.48 bits per heavy atom. The number of carbonyl (C=O) groups is 2. The zero-order chi connectivity index (χ0) is 21.0. The Morgan fingerprint density at radius 2 is 1.79 bits per heavy atom. The molecule has 0 spiro atoms. The second-order valence-electron chi connectivity index (χ2n) is 6.47. The summed E-state index contributed by atoms with van der Waals surface area (Å²) in [4.78, 5) is 29.5. The van der Waals surface area contributed by atoms with E-state index in [-0.39, 0.29) is 24.4 Å². The lowest BCUT2D eigenvalue weighted by Gasteiger charge is -2.06. The lowest BCUT2D eigenvalue weighted by Crippen LogP contribution is -2.28. The van der Waals surface area contributed by atoms with Crippen molar-refractivity contribution in [3.05, 3.63) is 70.1 Å². The molecule has 0 aliphatic heterocycles. The number of hydrogen-bond acceptors (Lipinski definition) is 4. The van der Waals surface area contributed by atoms with Gasteiger partial charge in [-0.25, -0.2) is 13.8 Å². The predicted molar refractivity (Wildman–Crippen MR) is 109 cm³/mol. The number of amides is 2. The van der Waals surface area contributed by atoms with Crippen LogP contribution in [-0.2, 0) is 4.79 Å². The number of aromatic nitrogens is 1. The van der Waals surface area contributed by atoms with Crippen LogP contribution in [0.25, 0.3) is 11.3 Å². The van der Waals surface area contributed by atoms with Gasteiger partial charge in [0.25, 0.3) is 5.91 Å². The van der Waals surface area contributed by atoms with E-state index in [1.54, 1.807) is 0 Å². The van der Waals surface area contributed by atoms with Crippen LogP contribution < -0.4 is 10.6 Å². The van der Waals surface area contributed by atoms with Crippen LogP contribution >= 0.6 is 11.3 Å². The van der Waals surface area contributed by atoms with Gasteiger partial charge in [-0.3, -0.25) is 9.59 Å². The third-order valence-electron chi connectivity index (χ3n) is 4.18. The first-order valence-corrected chi connectivity index (χ1v) is 9.72. The molecule has 0 fully saturated rings. The predicted octanol–water partition coefficient (Wildman–Crippen LogP) is 4.46. The molecule has 1 heterocycles. The summed E-state index contributed by atoms with van der Waals surface area (Å²) in [6.07, 6.45) is -0.00690. The highest BCUT2D eigenvalue weighted by Crippen LogP contribution is 2.30. The molecule has 0 aliphatic rings. The van der Waals surface area contributed by atoms with E-state index in [0.29, 0.717) is 11.2 Å². The summed E-state index contributed by atoms with van der Waals surface area (Å²) in [5, 5.41) is 5.63. The van der Waals surface area contributed by atoms with E-state index >= 15 is 0 Å². The van der Waals surface area contributed by atoms with Crippen LogP contribution in [0, 0.1) is 25.5 Å². The first kappa shape index (κ1) is 20.6. The van der Waals surface area contributed by atoms with E-state index in [2.05, 4.69) is 15.6 Å². The van der Waals surface area contributed by atoms with Crippen LogP contribution in [0.2, 0.25) is 0 Å². The molecule has 5 nitrogen and oxygen atoms in total. The minimum absolute atomic E-state index is 0.00690. The molecule has 0 radical (unpaired) electrons. The Bertz CT molecular complexity index is 1050. The smallest absolute Gasteiger partial charge is 0.254 e. The van der Waals surface area contributed by atoms with E-state index in [9.17, 15) is 18.4 Å². The van der Waals surface area contributed by atoms with Crippen molar-refractivity contribution >= 4 is 28.3 Å². The van der Waals surface area contributed by atoms with Crippen molar-refractivity contribution < 1.29 is 18.4 Å². The number of aryl methyl sites for hydroxylation is 2. The van der Waals surface area contributed by atoms with Crippen LogP contribution in [-0.4, -0.2) is 23.3 Å². The first-order valence-electron chi connectivity index (χ1n) is 8.91. The molecule has 2 N–H and O–H groups in total. The number of rotatable bonds is 6. The van der Waals surface area contributed by atoms with Crippen LogP contribution in [0.15, 0.2) is 42.5 Å². The van der Waals surface area contributed by atoms with Crippen molar-refractivity contribution in [3.63, 3.8) is 0 Å². The summed E-state index contributed by atoms with van der Waals surface area (Å²) in [5.74, 6) is -2.74. The number of nitrogens with zero attached hydrogens (tertiary/aromatic N) is 1. The summed E-state index contributed by atoms with van der Waals surface area (Å²) >= 11 is 1.37. The Labute approximate surface area is 170 Å². The van der Waals surface area contributed by atoms with Crippen molar-refractivity contribution in [3.8, 4) is 11.3 Å². The molecule has 3 rings (SSSR count). The minimum atomic E-state index is -0.950. The van der Waals surface area contributed by atoms with Gasteiger partial charge in [0, 0.05) is 29.5 Å². The van der Waals surface area contributed by atoms with E-state index in [1.165, 1.54) is 11.3 Å². The fourth-order valence-electron chi connectivity index (χ4n) is 2.67. The van der Waals surface area contributed by atoms with Crippen molar-refractivity contribution in [1.29, 1.82) is 0 Å². The molecule has 2 amide bonds. The molecule has 8 heteroatoms. The van der Waals surface area contributed by atoms with E-state index in [1.807, 2.05) is 38.1 Å². The molecule has 29 heavy (non-hydrogen) atoms. The number of anilines is 1. The Balaban J connectivity index is 1.54. The zero-order valence-electron chi connectivity index (χ0n) is 15.9. The van der Waals surface area contributed by atoms with E-state index in [0.717, 1.165) is 33.8 Å². The van der Waals surface area contributed by atoms with Gasteiger partial charge in [-0.15, -0.1) is 11.3 Å². The maximum Gasteiger partial charge on any atom is 0.254 e. The summed E-state index contributed by atoms with van der Waals surface area (Å²) in [7, 11) is 0. The van der Waals surface area contributed by atoms with Crippen LogP contribution in [0.1, 0.15) is 27.2 Å². The third kappa shape index (κ3) is 5.23. The first-order chi connectivity index (χ1) is 13.8. The highest BCUT2D eigenvalue weighted by Gasteiger charge is 2.14. The van der Waals surface area contributed by atoms with Crippen LogP contribution in [0.3, 0.4) is 0 Å². The molecule has 150 valence electrons. The molecule has 0 unspecified atom stereocenters. The molecule has 0 atom stereocenters. The standard InChI is InChI=1S/C21H19F2N3O2S/c1-12-3-5-14(6-4-12)19-13(2)29-21(26-19)25-18(27)9-10-24-20(28)16-8-7-15(22)11-17(16)23/h3-8,11H,9-10H2,1-2H3,(H,24,28)(H,25,26,27). The number of benzene rings is 2. The van der Waals surface area contributed by atoms with Crippen molar-refractivity contribution in [1.82, 2.24) is 10.3 Å². The fourth-order valence-corrected chi connectivity index (χ4v) is 3.52. The van der Waals surface area contributed by atoms with Gasteiger partial charge in [0.15, 0.2) is 5.13 Å². The second kappa shape index (κ2) is 8.91. The van der Waals surface area contributed by atoms with E-state index in [4.69, 9.17) is 0 Å². The Morgan fingerprint density at radius 1 is 1.07 bits per heavy atom. The molecule has 0 saturated heterocycles. The fraction of sp³-hybridized carbons (Fsp3) is 0.190. The van der Waals surface area contributed by atoms with Crippen LogP contribution in [0.4, 0.5) is 13.9 Å². The summed E-state index contributed by atoms with van der Waals surface area (Å²) in [6, 6.07) is 10.7. The molecular weight excluding hydrogens is 396 g/mol. The summed E-state index contributed by atoms with van der Waals surface area (Å²) < 4.78 is 26.5. The van der Waals surface area contributed by atoms with Gasteiger partial charge in [0.2, 0.25) is 5.91 Å². The van der Waals surface area contributed by atoms with Gasteiger partial charge in [0.1, 0.15) is 11.6 Å². The van der Waals surface area contributed by atoms with Crippen molar-refractivity contribution in [2.75, 3.05) is 11.9 Å². The van der Waals surface area contributed by atoms with Crippen LogP contribution in [0.5, 0.6) is 0 Å². The normalized spacial score (nSPS) is 10.6. The maximum absolute atomic E-state index is 13.6. The van der Waals surface area contributed by atoms with Gasteiger partial charge in [-0.05, 0) is 26.0 Å². The highest BCUT2D eigenvalue weighted by atomic mass is 32.1. The topological polar surface area (TPSA) is 71.1 Å². The number of thiazole rings is 1. The molecule has 0 saturated carbocycles. The number of hydrogen-bond donors (Lipinski definition) is 2. The molecule has 1 aromatic heterocycles. The van der Waals surface area contributed by atoms with Gasteiger partial charge in [0.05, 0.1) is 11.3 Å². The van der Waals surface area contributed by atoms with Gasteiger partial charge < -0.3 is 10.6 Å². The summed E-state index contributed by atoms with van der Waals surface area (Å²) in [5.41, 5.74) is 2.66. The molecular formula is C21H19F2N3O2S. The quantitative estimate of drug-likeness (QED) is 0.624. The molecule has 2 aromatic carbocycles. The Hall–Kier alpha value is -3.13. The third-order valence-corrected chi connectivity index (χ3v) is 5.07. The SMILES string of the molecule is Cc1ccc(-c2nc(NC(=O)CCNC(=O)c3ccc(F)cc3F)sc2C)cc1. The average Bonchev–Trinajstić information content (AvgIpc) is 3.02. The monoisotopic (exact) mass is 415 g/mol. The van der Waals surface area contributed by atoms with E-state index < -0.39 is 17.5 Å². The van der Waals surface area contributed by atoms with Crippen molar-refractivity contribution in [2.45, 2.75) is 20.3 Å². The van der Waals surface area contributed by atoms with Gasteiger partial charge >= 0.3 is 0 Å². The highest BCUT2D eigenvalue weighted by molar-refractivity contribution is 7.16. The average molecular weight is 415 g/mol. The number of halogens is 2. The Kier molecular flexibility index (Phi) is 6.33. The molecule has 3 aromatic rings. The summed E-state index contributed by atoms with van der Waals surface area (Å²) in [6.45, 7) is 3.95. The second-order valence-corrected chi connectivity index (χ2v) is 7.67. The number of carbonyl (C=O) groups excluding carboxylic acids is 2. The lowest BCUT2D eigenvalue weighted by molar-refractivity contribution is -0.116. The van der Waals surface area contributed by atoms with Crippen molar-refractivity contribution in [2.24, 2.45) is 0 Å². The zero-order valence-corrected chi connectivity index (χ0v) is 16.7. The molecule has 0 bridgehead atoms. The van der Waals surface area contributed by atoms with Gasteiger partial charge in [-0.1, -0.05) is 29.8 Å². The minimum Gasteiger partial charge on any atom is -0.351 e. The number of nitrogens with one attached hydrogen (secondary N) is 2. The lowest BCUT2D eigenvalue weighted by atomic mass is 10.1. The maximum atomic E-state index is 13.6. The molecule has 0 aliphatic carbocycles. The van der Waals surface area contributed by atoms with Gasteiger partial charge in [-0.2, -0.15) is 0 Å². The largest absolute Gasteiger partial charge is 0.351 e.